The zero-order chi connectivity index (χ0) is 20.0. The highest BCUT2D eigenvalue weighted by molar-refractivity contribution is 7.08. The summed E-state index contributed by atoms with van der Waals surface area (Å²) in [7, 11) is 3.47. The smallest absolute Gasteiger partial charge is 0.276 e. The number of benzene rings is 1. The minimum Gasteiger partial charge on any atom is -0.497 e. The van der Waals surface area contributed by atoms with Crippen LogP contribution in [0.15, 0.2) is 63.9 Å². The first kappa shape index (κ1) is 18.0. The average Bonchev–Trinajstić information content (AvgIpc) is 3.24. The van der Waals surface area contributed by atoms with E-state index in [9.17, 15) is 4.79 Å². The van der Waals surface area contributed by atoms with Crippen molar-refractivity contribution in [3.8, 4) is 28.1 Å². The van der Waals surface area contributed by atoms with Gasteiger partial charge in [0.25, 0.3) is 5.56 Å². The summed E-state index contributed by atoms with van der Waals surface area (Å²) in [4.78, 5) is 18.8. The molecule has 1 fully saturated rings. The van der Waals surface area contributed by atoms with Crippen molar-refractivity contribution in [3.05, 3.63) is 69.5 Å². The van der Waals surface area contributed by atoms with E-state index in [2.05, 4.69) is 11.0 Å². The Kier molecular flexibility index (Phi) is 4.41. The Balaban J connectivity index is 1.68. The van der Waals surface area contributed by atoms with Crippen molar-refractivity contribution in [1.29, 1.82) is 0 Å². The van der Waals surface area contributed by atoms with E-state index in [1.807, 2.05) is 55.0 Å². The van der Waals surface area contributed by atoms with Crippen molar-refractivity contribution in [2.45, 2.75) is 12.8 Å². The molecule has 0 radical (unpaired) electrons. The monoisotopic (exact) mass is 407 g/mol. The van der Waals surface area contributed by atoms with Crippen molar-refractivity contribution < 1.29 is 9.57 Å². The van der Waals surface area contributed by atoms with Crippen LogP contribution in [-0.4, -0.2) is 11.7 Å². The molecule has 3 aromatic rings. The molecule has 2 aliphatic rings. The minimum absolute atomic E-state index is 0.0899. The third-order valence-electron chi connectivity index (χ3n) is 5.35. The molecule has 6 nitrogen and oxygen atoms in total. The molecule has 0 unspecified atom stereocenters. The van der Waals surface area contributed by atoms with Crippen LogP contribution in [0.2, 0.25) is 0 Å². The van der Waals surface area contributed by atoms with Crippen LogP contribution >= 0.6 is 11.3 Å². The lowest BCUT2D eigenvalue weighted by Crippen LogP contribution is -2.34. The number of methoxy groups -OCH3 is 1. The third kappa shape index (κ3) is 3.22. The summed E-state index contributed by atoms with van der Waals surface area (Å²) in [5.74, 6) is 2.14. The average molecular weight is 407 g/mol. The van der Waals surface area contributed by atoms with Gasteiger partial charge in [-0.25, -0.2) is 5.01 Å². The number of rotatable bonds is 5. The van der Waals surface area contributed by atoms with Crippen LogP contribution in [0, 0.1) is 5.92 Å². The van der Waals surface area contributed by atoms with Crippen LogP contribution in [0.3, 0.4) is 0 Å². The lowest BCUT2D eigenvalue weighted by Gasteiger charge is -2.20. The normalized spacial score (nSPS) is 15.9. The second kappa shape index (κ2) is 7.09. The second-order valence-electron chi connectivity index (χ2n) is 7.27. The van der Waals surface area contributed by atoms with Gasteiger partial charge in [0.15, 0.2) is 0 Å². The van der Waals surface area contributed by atoms with Crippen molar-refractivity contribution >= 4 is 17.0 Å². The fourth-order valence-corrected chi connectivity index (χ4v) is 4.23. The van der Waals surface area contributed by atoms with Crippen molar-refractivity contribution in [2.24, 2.45) is 13.0 Å². The summed E-state index contributed by atoms with van der Waals surface area (Å²) in [6, 6.07) is 11.9. The number of hydrazine groups is 1. The van der Waals surface area contributed by atoms with E-state index in [4.69, 9.17) is 9.57 Å². The van der Waals surface area contributed by atoms with Crippen molar-refractivity contribution in [2.75, 3.05) is 12.1 Å². The van der Waals surface area contributed by atoms with Gasteiger partial charge in [-0.3, -0.25) is 4.79 Å². The zero-order valence-electron chi connectivity index (χ0n) is 16.2. The largest absolute Gasteiger partial charge is 0.497 e. The highest BCUT2D eigenvalue weighted by Gasteiger charge is 2.33. The van der Waals surface area contributed by atoms with Crippen molar-refractivity contribution in [1.82, 2.24) is 10.2 Å². The summed E-state index contributed by atoms with van der Waals surface area (Å²) in [6.45, 7) is 0. The van der Waals surface area contributed by atoms with Gasteiger partial charge in [-0.15, -0.1) is 0 Å². The fraction of sp³-hybridized carbons (Fsp3) is 0.227. The number of hydrogen-bond donors (Lipinski definition) is 1. The van der Waals surface area contributed by atoms with Gasteiger partial charge in [0.05, 0.1) is 19.0 Å². The van der Waals surface area contributed by atoms with E-state index in [1.165, 1.54) is 0 Å². The SMILES string of the molecule is COc1ccc(-c2cc(N3C=C(C4CC4)ON3)c(=O)n(C)c2-c2ccsc2)cc1. The first-order chi connectivity index (χ1) is 14.2. The Labute approximate surface area is 172 Å². The zero-order valence-corrected chi connectivity index (χ0v) is 17.0. The summed E-state index contributed by atoms with van der Waals surface area (Å²) in [5.41, 5.74) is 7.19. The maximum absolute atomic E-state index is 13.2. The molecule has 1 aliphatic heterocycles. The lowest BCUT2D eigenvalue weighted by molar-refractivity contribution is 0.120. The summed E-state index contributed by atoms with van der Waals surface area (Å²) >= 11 is 1.61. The summed E-state index contributed by atoms with van der Waals surface area (Å²) < 4.78 is 7.01. The minimum atomic E-state index is -0.0899. The molecule has 0 saturated heterocycles. The van der Waals surface area contributed by atoms with Crippen LogP contribution in [0.1, 0.15) is 12.8 Å². The van der Waals surface area contributed by atoms with E-state index in [-0.39, 0.29) is 5.56 Å². The van der Waals surface area contributed by atoms with Crippen LogP contribution in [-0.2, 0) is 11.9 Å². The standard InChI is InChI=1S/C22H21N3O3S/c1-24-21(16-9-10-29-13-16)18(14-5-7-17(27-2)8-6-14)11-19(22(24)26)25-12-20(28-23-25)15-3-4-15/h5-13,15,23H,3-4H2,1-2H3. The molecule has 7 heteroatoms. The van der Waals surface area contributed by atoms with Gasteiger partial charge in [0.2, 0.25) is 0 Å². The first-order valence-electron chi connectivity index (χ1n) is 9.50. The van der Waals surface area contributed by atoms with Gasteiger partial charge in [0, 0.05) is 29.5 Å². The number of nitrogens with zero attached hydrogens (tertiary/aromatic N) is 2. The number of pyridine rings is 1. The molecule has 1 aliphatic carbocycles. The van der Waals surface area contributed by atoms with Crippen LogP contribution < -0.4 is 20.9 Å². The summed E-state index contributed by atoms with van der Waals surface area (Å²) in [5, 5.41) is 5.76. The molecule has 148 valence electrons. The molecule has 2 aromatic heterocycles. The highest BCUT2D eigenvalue weighted by atomic mass is 32.1. The molecular weight excluding hydrogens is 386 g/mol. The Morgan fingerprint density at radius 2 is 1.97 bits per heavy atom. The maximum Gasteiger partial charge on any atom is 0.276 e. The molecule has 0 bridgehead atoms. The number of allylic oxidation sites excluding steroid dienone is 1. The van der Waals surface area contributed by atoms with E-state index >= 15 is 0 Å². The fourth-order valence-electron chi connectivity index (χ4n) is 3.59. The Hall–Kier alpha value is -3.03. The molecule has 1 saturated carbocycles. The number of ether oxygens (including phenoxy) is 1. The van der Waals surface area contributed by atoms with Crippen LogP contribution in [0.4, 0.5) is 5.69 Å². The molecule has 0 atom stereocenters. The van der Waals surface area contributed by atoms with Gasteiger partial charge in [-0.05, 0) is 48.1 Å². The third-order valence-corrected chi connectivity index (χ3v) is 6.03. The molecular formula is C22H21N3O3S. The molecule has 5 rings (SSSR count). The molecule has 29 heavy (non-hydrogen) atoms. The maximum atomic E-state index is 13.2. The second-order valence-corrected chi connectivity index (χ2v) is 8.05. The number of hydrogen-bond acceptors (Lipinski definition) is 6. The van der Waals surface area contributed by atoms with E-state index in [0.29, 0.717) is 11.6 Å². The van der Waals surface area contributed by atoms with Gasteiger partial charge in [-0.1, -0.05) is 17.7 Å². The Morgan fingerprint density at radius 3 is 2.62 bits per heavy atom. The predicted octanol–water partition coefficient (Wildman–Crippen LogP) is 4.30. The quantitative estimate of drug-likeness (QED) is 0.684. The van der Waals surface area contributed by atoms with Crippen LogP contribution in [0.25, 0.3) is 22.4 Å². The molecule has 1 N–H and O–H groups in total. The van der Waals surface area contributed by atoms with E-state index in [0.717, 1.165) is 46.7 Å². The molecule has 0 amide bonds. The van der Waals surface area contributed by atoms with E-state index < -0.39 is 0 Å². The molecule has 3 heterocycles. The molecule has 0 spiro atoms. The van der Waals surface area contributed by atoms with Gasteiger partial charge < -0.3 is 14.1 Å². The molecule has 1 aromatic carbocycles. The lowest BCUT2D eigenvalue weighted by atomic mass is 9.99. The topological polar surface area (TPSA) is 55.7 Å². The number of nitrogens with one attached hydrogen (secondary N) is 1. The number of aromatic nitrogens is 1. The number of thiophene rings is 1. The highest BCUT2D eigenvalue weighted by Crippen LogP contribution is 2.39. The predicted molar refractivity (Wildman–Crippen MR) is 114 cm³/mol. The first-order valence-corrected chi connectivity index (χ1v) is 10.4. The summed E-state index contributed by atoms with van der Waals surface area (Å²) in [6.07, 6.45) is 4.15. The van der Waals surface area contributed by atoms with Crippen molar-refractivity contribution in [3.63, 3.8) is 0 Å². The Bertz CT molecular complexity index is 1130. The van der Waals surface area contributed by atoms with Gasteiger partial charge >= 0.3 is 0 Å². The van der Waals surface area contributed by atoms with E-state index in [1.54, 1.807) is 28.0 Å². The van der Waals surface area contributed by atoms with Crippen LogP contribution in [0.5, 0.6) is 5.75 Å². The Morgan fingerprint density at radius 1 is 1.17 bits per heavy atom. The van der Waals surface area contributed by atoms with Gasteiger partial charge in [-0.2, -0.15) is 11.3 Å². The number of anilines is 1. The van der Waals surface area contributed by atoms with Gasteiger partial charge in [0.1, 0.15) is 17.2 Å².